The fraction of sp³-hybridized carbons (Fsp3) is 0.706. The van der Waals surface area contributed by atoms with E-state index in [2.05, 4.69) is 30.1 Å². The Kier molecular flexibility index (Phi) is 9.74. The number of aliphatic hydroxyl groups excluding tert-OH is 1. The van der Waals surface area contributed by atoms with Crippen molar-refractivity contribution in [3.8, 4) is 0 Å². The summed E-state index contributed by atoms with van der Waals surface area (Å²) >= 11 is 0. The molecule has 14 heteroatoms. The number of hydrogen-bond acceptors (Lipinski definition) is 12. The molecular weight excluding hydrogens is 416 g/mol. The van der Waals surface area contributed by atoms with Gasteiger partial charge in [-0.15, -0.1) is 10.1 Å². The lowest BCUT2D eigenvalue weighted by atomic mass is 10.2. The lowest BCUT2D eigenvalue weighted by Gasteiger charge is -2.15. The van der Waals surface area contributed by atoms with Crippen molar-refractivity contribution in [2.24, 2.45) is 0 Å². The summed E-state index contributed by atoms with van der Waals surface area (Å²) in [5.41, 5.74) is 1.28. The largest absolute Gasteiger partial charge is 0.393 e. The van der Waals surface area contributed by atoms with E-state index in [1.54, 1.807) is 6.33 Å². The van der Waals surface area contributed by atoms with Gasteiger partial charge in [0.2, 0.25) is 0 Å². The smallest absolute Gasteiger partial charge is 0.294 e. The first-order chi connectivity index (χ1) is 15.0. The van der Waals surface area contributed by atoms with Gasteiger partial charge in [-0.25, -0.2) is 25.5 Å². The van der Waals surface area contributed by atoms with Crippen LogP contribution < -0.4 is 5.32 Å². The Labute approximate surface area is 177 Å². The Bertz CT molecular complexity index is 821. The summed E-state index contributed by atoms with van der Waals surface area (Å²) < 4.78 is 7.65. The summed E-state index contributed by atoms with van der Waals surface area (Å²) in [6.45, 7) is 3.92. The first kappa shape index (κ1) is 24.6. The molecule has 174 valence electrons. The van der Waals surface area contributed by atoms with E-state index in [0.29, 0.717) is 36.2 Å². The van der Waals surface area contributed by atoms with E-state index >= 15 is 0 Å². The van der Waals surface area contributed by atoms with Crippen molar-refractivity contribution < 1.29 is 35.3 Å². The van der Waals surface area contributed by atoms with E-state index < -0.39 is 5.09 Å². The van der Waals surface area contributed by atoms with Gasteiger partial charge in [0.25, 0.3) is 5.09 Å². The van der Waals surface area contributed by atoms with Crippen LogP contribution in [-0.4, -0.2) is 65.1 Å². The zero-order valence-corrected chi connectivity index (χ0v) is 17.3. The van der Waals surface area contributed by atoms with Crippen LogP contribution in [0.3, 0.4) is 0 Å². The van der Waals surface area contributed by atoms with E-state index in [1.807, 2.05) is 18.4 Å². The number of nitrogens with one attached hydrogen (secondary N) is 1. The zero-order valence-electron chi connectivity index (χ0n) is 17.3. The highest BCUT2D eigenvalue weighted by Crippen LogP contribution is 2.32. The molecule has 4 unspecified atom stereocenters. The third-order valence-electron chi connectivity index (χ3n) is 4.87. The quantitative estimate of drug-likeness (QED) is 0.289. The predicted octanol–water partition coefficient (Wildman–Crippen LogP) is 2.01. The lowest BCUT2D eigenvalue weighted by molar-refractivity contribution is -0.759. The zero-order chi connectivity index (χ0) is 22.8. The topological polar surface area (TPSA) is 187 Å². The van der Waals surface area contributed by atoms with Crippen molar-refractivity contribution in [3.63, 3.8) is 0 Å². The molecule has 1 aliphatic carbocycles. The van der Waals surface area contributed by atoms with Gasteiger partial charge >= 0.3 is 0 Å². The average Bonchev–Trinajstić information content (AvgIpc) is 3.48. The minimum absolute atomic E-state index is 0.0814. The molecule has 2 aromatic heterocycles. The van der Waals surface area contributed by atoms with E-state index in [-0.39, 0.29) is 31.1 Å². The molecule has 0 amide bonds. The summed E-state index contributed by atoms with van der Waals surface area (Å²) in [5.74, 6) is 0.638. The molecular formula is C17H28N6O8. The maximum atomic E-state index is 10.3. The van der Waals surface area contributed by atoms with Gasteiger partial charge in [-0.3, -0.25) is 4.57 Å². The number of aromatic nitrogens is 4. The minimum atomic E-state index is -0.811. The van der Waals surface area contributed by atoms with E-state index in [0.717, 1.165) is 12.8 Å². The van der Waals surface area contributed by atoms with Crippen molar-refractivity contribution in [2.75, 3.05) is 11.9 Å². The second kappa shape index (κ2) is 12.3. The SMILES string of the molecule is CC.O=[N+]([O-])OCC1CCC(n2cnc3c(NC4CCC(O)C4)ncnc32)O1.OOO. The molecule has 31 heavy (non-hydrogen) atoms. The van der Waals surface area contributed by atoms with Crippen LogP contribution in [0.2, 0.25) is 0 Å². The molecule has 3 heterocycles. The first-order valence-electron chi connectivity index (χ1n) is 10.0. The standard InChI is InChI=1S/C15H20N6O5.C2H6.H2O3/c22-10-2-1-9(5-10)19-14-13-15(17-7-16-14)20(8-18-13)12-4-3-11(26-12)6-25-21(23)24;1-2;1-3-2/h7-12,22H,1-6H2,(H,16,17,19);1-2H3;1-2H. The molecule has 0 aromatic carbocycles. The maximum Gasteiger partial charge on any atom is 0.294 e. The Morgan fingerprint density at radius 1 is 1.26 bits per heavy atom. The highest BCUT2D eigenvalue weighted by Gasteiger charge is 2.29. The van der Waals surface area contributed by atoms with E-state index in [9.17, 15) is 15.2 Å². The Hall–Kier alpha value is -2.65. The van der Waals surface area contributed by atoms with Crippen LogP contribution in [0, 0.1) is 10.1 Å². The fourth-order valence-corrected chi connectivity index (χ4v) is 3.61. The van der Waals surface area contributed by atoms with E-state index in [1.165, 1.54) is 6.33 Å². The molecule has 0 spiro atoms. The highest BCUT2D eigenvalue weighted by molar-refractivity contribution is 5.82. The third kappa shape index (κ3) is 6.67. The number of fused-ring (bicyclic) bond motifs is 1. The summed E-state index contributed by atoms with van der Waals surface area (Å²) in [6.07, 6.45) is 5.93. The van der Waals surface area contributed by atoms with Crippen LogP contribution in [0.1, 0.15) is 52.2 Å². The number of imidazole rings is 1. The number of ether oxygens (including phenoxy) is 1. The number of hydrogen-bond donors (Lipinski definition) is 4. The minimum Gasteiger partial charge on any atom is -0.393 e. The number of aliphatic hydroxyl groups is 1. The van der Waals surface area contributed by atoms with Gasteiger partial charge in [0.15, 0.2) is 17.0 Å². The third-order valence-corrected chi connectivity index (χ3v) is 4.87. The van der Waals surface area contributed by atoms with E-state index in [4.69, 9.17) is 15.3 Å². The van der Waals surface area contributed by atoms with Crippen molar-refractivity contribution in [2.45, 2.75) is 70.4 Å². The van der Waals surface area contributed by atoms with Crippen molar-refractivity contribution in [1.29, 1.82) is 0 Å². The van der Waals surface area contributed by atoms with Crippen molar-refractivity contribution in [1.82, 2.24) is 19.5 Å². The van der Waals surface area contributed by atoms with Gasteiger partial charge in [-0.1, -0.05) is 18.9 Å². The number of rotatable bonds is 6. The van der Waals surface area contributed by atoms with Crippen LogP contribution in [-0.2, 0) is 14.6 Å². The van der Waals surface area contributed by atoms with Gasteiger partial charge in [0.05, 0.1) is 18.5 Å². The van der Waals surface area contributed by atoms with Gasteiger partial charge in [0.1, 0.15) is 19.2 Å². The molecule has 14 nitrogen and oxygen atoms in total. The molecule has 2 aliphatic rings. The monoisotopic (exact) mass is 444 g/mol. The Balaban J connectivity index is 0.000000630. The van der Waals surface area contributed by atoms with Crippen LogP contribution in [0.4, 0.5) is 5.82 Å². The van der Waals surface area contributed by atoms with Crippen LogP contribution in [0.25, 0.3) is 11.2 Å². The normalized spacial score (nSPS) is 24.7. The molecule has 4 N–H and O–H groups in total. The molecule has 1 aliphatic heterocycles. The second-order valence-corrected chi connectivity index (χ2v) is 6.75. The molecule has 1 saturated heterocycles. The Morgan fingerprint density at radius 3 is 2.65 bits per heavy atom. The summed E-state index contributed by atoms with van der Waals surface area (Å²) in [6, 6.07) is 0.166. The van der Waals surface area contributed by atoms with Crippen molar-refractivity contribution >= 4 is 17.0 Å². The van der Waals surface area contributed by atoms with Crippen LogP contribution in [0.5, 0.6) is 0 Å². The summed E-state index contributed by atoms with van der Waals surface area (Å²) in [5, 5.41) is 38.0. The maximum absolute atomic E-state index is 10.3. The fourth-order valence-electron chi connectivity index (χ4n) is 3.61. The molecule has 2 aromatic rings. The summed E-state index contributed by atoms with van der Waals surface area (Å²) in [4.78, 5) is 27.7. The molecule has 2 fully saturated rings. The van der Waals surface area contributed by atoms with Gasteiger partial charge in [0, 0.05) is 6.04 Å². The van der Waals surface area contributed by atoms with Crippen LogP contribution in [0.15, 0.2) is 12.7 Å². The number of anilines is 1. The van der Waals surface area contributed by atoms with Gasteiger partial charge in [-0.05, 0) is 32.1 Å². The average molecular weight is 444 g/mol. The molecule has 1 saturated carbocycles. The molecule has 0 radical (unpaired) electrons. The number of nitrogens with zero attached hydrogens (tertiary/aromatic N) is 5. The molecule has 4 rings (SSSR count). The van der Waals surface area contributed by atoms with Crippen molar-refractivity contribution in [3.05, 3.63) is 22.8 Å². The molecule has 0 bridgehead atoms. The second-order valence-electron chi connectivity index (χ2n) is 6.75. The lowest BCUT2D eigenvalue weighted by Crippen LogP contribution is -2.19. The highest BCUT2D eigenvalue weighted by atomic mass is 17.4. The van der Waals surface area contributed by atoms with Gasteiger partial charge < -0.3 is 20.0 Å². The van der Waals surface area contributed by atoms with Crippen LogP contribution >= 0.6 is 0 Å². The summed E-state index contributed by atoms with van der Waals surface area (Å²) in [7, 11) is 0. The first-order valence-corrected chi connectivity index (χ1v) is 10.0. The predicted molar refractivity (Wildman–Crippen MR) is 106 cm³/mol. The van der Waals surface area contributed by atoms with Gasteiger partial charge in [-0.2, -0.15) is 0 Å². The Morgan fingerprint density at radius 2 is 2.00 bits per heavy atom. The molecule has 4 atom stereocenters.